The fourth-order valence-corrected chi connectivity index (χ4v) is 4.40. The van der Waals surface area contributed by atoms with Crippen LogP contribution in [0.2, 0.25) is 0 Å². The van der Waals surface area contributed by atoms with Gasteiger partial charge in [0.05, 0.1) is 6.20 Å². The highest BCUT2D eigenvalue weighted by Crippen LogP contribution is 2.20. The third-order valence-corrected chi connectivity index (χ3v) is 5.87. The van der Waals surface area contributed by atoms with E-state index >= 15 is 0 Å². The maximum atomic E-state index is 12.7. The molecule has 0 aliphatic carbocycles. The zero-order valence-corrected chi connectivity index (χ0v) is 16.2. The van der Waals surface area contributed by atoms with Crippen LogP contribution in [0.3, 0.4) is 0 Å². The van der Waals surface area contributed by atoms with Gasteiger partial charge in [0.2, 0.25) is 0 Å². The molecule has 1 atom stereocenters. The molecule has 3 aromatic heterocycles. The molecular formula is C19H22N6O2S. The Morgan fingerprint density at radius 1 is 1.36 bits per heavy atom. The molecule has 9 heteroatoms. The molecule has 0 spiro atoms. The summed E-state index contributed by atoms with van der Waals surface area (Å²) in [5.74, 6) is -0.441. The minimum atomic E-state index is -0.618. The number of carbonyl (C=O) groups excluding carboxylic acids is 2. The number of amides is 2. The second kappa shape index (κ2) is 8.07. The van der Waals surface area contributed by atoms with Crippen molar-refractivity contribution in [1.29, 1.82) is 0 Å². The summed E-state index contributed by atoms with van der Waals surface area (Å²) >= 11 is 1.78. The van der Waals surface area contributed by atoms with Gasteiger partial charge >= 0.3 is 0 Å². The Kier molecular flexibility index (Phi) is 5.36. The highest BCUT2D eigenvalue weighted by atomic mass is 32.1. The first-order valence-corrected chi connectivity index (χ1v) is 10.2. The number of piperidine rings is 1. The Bertz CT molecular complexity index is 984. The fraction of sp³-hybridized carbons (Fsp3) is 0.368. The van der Waals surface area contributed by atoms with E-state index in [4.69, 9.17) is 5.73 Å². The van der Waals surface area contributed by atoms with Gasteiger partial charge in [-0.15, -0.1) is 11.3 Å². The number of hydrogen-bond donors (Lipinski definition) is 2. The van der Waals surface area contributed by atoms with E-state index in [9.17, 15) is 9.59 Å². The molecule has 0 saturated carbocycles. The minimum absolute atomic E-state index is 0.200. The summed E-state index contributed by atoms with van der Waals surface area (Å²) in [6.07, 6.45) is 5.06. The molecule has 0 radical (unpaired) electrons. The third kappa shape index (κ3) is 3.90. The van der Waals surface area contributed by atoms with Crippen LogP contribution < -0.4 is 11.1 Å². The van der Waals surface area contributed by atoms with Crippen molar-refractivity contribution in [2.24, 2.45) is 11.7 Å². The SMILES string of the molecule is NC(=O)c1cnn2c(C(=O)NCC3CCCN(Cc4cccs4)C3)ccnc12. The van der Waals surface area contributed by atoms with E-state index in [1.165, 1.54) is 21.8 Å². The van der Waals surface area contributed by atoms with Gasteiger partial charge in [-0.25, -0.2) is 9.50 Å². The van der Waals surface area contributed by atoms with Gasteiger partial charge in [0.15, 0.2) is 5.65 Å². The zero-order chi connectivity index (χ0) is 19.5. The number of fused-ring (bicyclic) bond motifs is 1. The Morgan fingerprint density at radius 3 is 3.04 bits per heavy atom. The second-order valence-corrected chi connectivity index (χ2v) is 8.05. The van der Waals surface area contributed by atoms with Crippen molar-refractivity contribution in [3.63, 3.8) is 0 Å². The van der Waals surface area contributed by atoms with Crippen LogP contribution in [-0.4, -0.2) is 50.9 Å². The van der Waals surface area contributed by atoms with E-state index in [-0.39, 0.29) is 11.5 Å². The van der Waals surface area contributed by atoms with Crippen LogP contribution in [0.15, 0.2) is 36.0 Å². The number of hydrogen-bond acceptors (Lipinski definition) is 6. The van der Waals surface area contributed by atoms with Crippen LogP contribution in [0.4, 0.5) is 0 Å². The maximum absolute atomic E-state index is 12.7. The van der Waals surface area contributed by atoms with Gasteiger partial charge in [-0.3, -0.25) is 14.5 Å². The third-order valence-electron chi connectivity index (χ3n) is 5.01. The highest BCUT2D eigenvalue weighted by Gasteiger charge is 2.22. The first-order valence-electron chi connectivity index (χ1n) is 9.27. The van der Waals surface area contributed by atoms with E-state index in [0.29, 0.717) is 23.8 Å². The molecule has 0 bridgehead atoms. The number of primary amides is 1. The van der Waals surface area contributed by atoms with Crippen molar-refractivity contribution in [1.82, 2.24) is 24.8 Å². The van der Waals surface area contributed by atoms with Crippen LogP contribution >= 0.6 is 11.3 Å². The average molecular weight is 398 g/mol. The van der Waals surface area contributed by atoms with Crippen LogP contribution in [-0.2, 0) is 6.54 Å². The summed E-state index contributed by atoms with van der Waals surface area (Å²) in [5.41, 5.74) is 6.16. The predicted octanol–water partition coefficient (Wildman–Crippen LogP) is 1.53. The number of carbonyl (C=O) groups is 2. The molecule has 1 fully saturated rings. The van der Waals surface area contributed by atoms with Crippen molar-refractivity contribution in [3.05, 3.63) is 52.1 Å². The molecule has 1 aliphatic rings. The molecule has 3 aromatic rings. The van der Waals surface area contributed by atoms with Gasteiger partial charge in [0, 0.05) is 30.7 Å². The molecule has 146 valence electrons. The topological polar surface area (TPSA) is 106 Å². The van der Waals surface area contributed by atoms with Crippen molar-refractivity contribution in [3.8, 4) is 0 Å². The number of rotatable bonds is 6. The van der Waals surface area contributed by atoms with E-state index in [0.717, 1.165) is 32.5 Å². The Balaban J connectivity index is 1.39. The smallest absolute Gasteiger partial charge is 0.270 e. The zero-order valence-electron chi connectivity index (χ0n) is 15.4. The molecule has 4 heterocycles. The number of thiophene rings is 1. The van der Waals surface area contributed by atoms with Crippen LogP contribution in [0, 0.1) is 5.92 Å². The van der Waals surface area contributed by atoms with Gasteiger partial charge in [-0.2, -0.15) is 5.10 Å². The lowest BCUT2D eigenvalue weighted by Crippen LogP contribution is -2.40. The van der Waals surface area contributed by atoms with Crippen LogP contribution in [0.1, 0.15) is 38.6 Å². The molecule has 8 nitrogen and oxygen atoms in total. The quantitative estimate of drug-likeness (QED) is 0.655. The van der Waals surface area contributed by atoms with Crippen molar-refractivity contribution in [2.45, 2.75) is 19.4 Å². The highest BCUT2D eigenvalue weighted by molar-refractivity contribution is 7.09. The Morgan fingerprint density at radius 2 is 2.25 bits per heavy atom. The normalized spacial score (nSPS) is 17.6. The van der Waals surface area contributed by atoms with Gasteiger partial charge in [-0.05, 0) is 42.8 Å². The van der Waals surface area contributed by atoms with Gasteiger partial charge in [0.25, 0.3) is 11.8 Å². The molecule has 1 aliphatic heterocycles. The second-order valence-electron chi connectivity index (χ2n) is 7.02. The first-order chi connectivity index (χ1) is 13.6. The standard InChI is InChI=1S/C19H22N6O2S/c20-17(26)15-10-23-25-16(5-6-21-18(15)25)19(27)22-9-13-3-1-7-24(11-13)12-14-4-2-8-28-14/h2,4-6,8,10,13H,1,3,7,9,11-12H2,(H2,20,26)(H,22,27). The number of nitrogens with two attached hydrogens (primary N) is 1. The largest absolute Gasteiger partial charge is 0.365 e. The average Bonchev–Trinajstić information content (AvgIpc) is 3.35. The summed E-state index contributed by atoms with van der Waals surface area (Å²) in [7, 11) is 0. The lowest BCUT2D eigenvalue weighted by molar-refractivity contribution is 0.0922. The van der Waals surface area contributed by atoms with Gasteiger partial charge in [0.1, 0.15) is 11.3 Å². The molecular weight excluding hydrogens is 376 g/mol. The van der Waals surface area contributed by atoms with Crippen molar-refractivity contribution < 1.29 is 9.59 Å². The Labute approximate surface area is 166 Å². The van der Waals surface area contributed by atoms with Gasteiger partial charge < -0.3 is 11.1 Å². The minimum Gasteiger partial charge on any atom is -0.365 e. The number of nitrogens with zero attached hydrogens (tertiary/aromatic N) is 4. The number of likely N-dealkylation sites (tertiary alicyclic amines) is 1. The van der Waals surface area contributed by atoms with E-state index in [1.54, 1.807) is 17.4 Å². The first kappa shape index (κ1) is 18.6. The lowest BCUT2D eigenvalue weighted by atomic mass is 9.98. The van der Waals surface area contributed by atoms with E-state index in [2.05, 4.69) is 37.8 Å². The van der Waals surface area contributed by atoms with E-state index < -0.39 is 5.91 Å². The summed E-state index contributed by atoms with van der Waals surface area (Å²) in [4.78, 5) is 32.1. The molecule has 4 rings (SSSR count). The van der Waals surface area contributed by atoms with Gasteiger partial charge in [-0.1, -0.05) is 6.07 Å². The molecule has 28 heavy (non-hydrogen) atoms. The fourth-order valence-electron chi connectivity index (χ4n) is 3.65. The van der Waals surface area contributed by atoms with Crippen molar-refractivity contribution >= 4 is 28.8 Å². The molecule has 1 saturated heterocycles. The monoisotopic (exact) mass is 398 g/mol. The molecule has 1 unspecified atom stereocenters. The van der Waals surface area contributed by atoms with Crippen LogP contribution in [0.5, 0.6) is 0 Å². The summed E-state index contributed by atoms with van der Waals surface area (Å²) in [6, 6.07) is 5.83. The molecule has 2 amide bonds. The number of aromatic nitrogens is 3. The summed E-state index contributed by atoms with van der Waals surface area (Å²) < 4.78 is 1.36. The van der Waals surface area contributed by atoms with E-state index in [1.807, 2.05) is 0 Å². The van der Waals surface area contributed by atoms with Crippen molar-refractivity contribution in [2.75, 3.05) is 19.6 Å². The Hall–Kier alpha value is -2.78. The summed E-state index contributed by atoms with van der Waals surface area (Å²) in [6.45, 7) is 3.64. The van der Waals surface area contributed by atoms with Crippen LogP contribution in [0.25, 0.3) is 5.65 Å². The molecule has 3 N–H and O–H groups in total. The lowest BCUT2D eigenvalue weighted by Gasteiger charge is -2.32. The maximum Gasteiger partial charge on any atom is 0.270 e. The number of nitrogens with one attached hydrogen (secondary N) is 1. The summed E-state index contributed by atoms with van der Waals surface area (Å²) in [5, 5.41) is 9.21. The molecule has 0 aromatic carbocycles. The predicted molar refractivity (Wildman–Crippen MR) is 106 cm³/mol.